The summed E-state index contributed by atoms with van der Waals surface area (Å²) in [5, 5.41) is 10.3. The normalized spacial score (nSPS) is 11.8. The molecule has 5 nitrogen and oxygen atoms in total. The number of benzene rings is 1. The highest BCUT2D eigenvalue weighted by atomic mass is 16.4. The van der Waals surface area contributed by atoms with Crippen molar-refractivity contribution in [2.45, 2.75) is 20.8 Å². The van der Waals surface area contributed by atoms with Gasteiger partial charge in [-0.15, -0.1) is 0 Å². The van der Waals surface area contributed by atoms with Crippen LogP contribution in [0.2, 0.25) is 0 Å². The first-order valence-corrected chi connectivity index (χ1v) is 7.55. The van der Waals surface area contributed by atoms with Crippen molar-refractivity contribution in [2.24, 2.45) is 4.99 Å². The van der Waals surface area contributed by atoms with Crippen LogP contribution in [0.3, 0.4) is 0 Å². The second kappa shape index (κ2) is 7.22. The molecule has 0 atom stereocenters. The summed E-state index contributed by atoms with van der Waals surface area (Å²) in [4.78, 5) is 18.7. The fourth-order valence-electron chi connectivity index (χ4n) is 2.40. The number of fused-ring (bicyclic) bond motifs is 1. The number of aliphatic imine (C=N–C) groups is 1. The predicted molar refractivity (Wildman–Crippen MR) is 89.1 cm³/mol. The van der Waals surface area contributed by atoms with Gasteiger partial charge < -0.3 is 14.4 Å². The Morgan fingerprint density at radius 1 is 1.32 bits per heavy atom. The van der Waals surface area contributed by atoms with E-state index in [1.54, 1.807) is 18.3 Å². The van der Waals surface area contributed by atoms with E-state index in [1.165, 1.54) is 6.07 Å². The maximum absolute atomic E-state index is 12.1. The summed E-state index contributed by atoms with van der Waals surface area (Å²) in [6, 6.07) is 4.78. The first-order valence-electron chi connectivity index (χ1n) is 7.55. The molecule has 2 aromatic rings. The lowest BCUT2D eigenvalue weighted by atomic mass is 10.1. The third kappa shape index (κ3) is 3.54. The van der Waals surface area contributed by atoms with Crippen LogP contribution in [0.1, 0.15) is 25.0 Å². The third-order valence-electron chi connectivity index (χ3n) is 3.86. The Hall–Kier alpha value is -2.14. The zero-order valence-corrected chi connectivity index (χ0v) is 13.3. The van der Waals surface area contributed by atoms with Gasteiger partial charge in [0.1, 0.15) is 11.3 Å². The standard InChI is InChI=1S/C17H22N2O3/c1-4-19(5-2)9-8-18-11-15-12(3)14-7-6-13(20)10-16(14)22-17(15)21/h6-7,10-11,20H,4-5,8-9H2,1-3H3. The van der Waals surface area contributed by atoms with Crippen molar-refractivity contribution in [2.75, 3.05) is 26.2 Å². The van der Waals surface area contributed by atoms with E-state index < -0.39 is 5.63 Å². The Morgan fingerprint density at radius 3 is 2.73 bits per heavy atom. The molecule has 0 unspecified atom stereocenters. The van der Waals surface area contributed by atoms with Crippen molar-refractivity contribution in [1.29, 1.82) is 0 Å². The molecule has 5 heteroatoms. The maximum Gasteiger partial charge on any atom is 0.345 e. The molecule has 0 aliphatic heterocycles. The molecule has 0 aliphatic carbocycles. The molecule has 0 fully saturated rings. The van der Waals surface area contributed by atoms with Crippen LogP contribution in [0.15, 0.2) is 32.4 Å². The second-order valence-corrected chi connectivity index (χ2v) is 5.17. The Kier molecular flexibility index (Phi) is 5.33. The Balaban J connectivity index is 2.24. The molecule has 0 saturated heterocycles. The minimum Gasteiger partial charge on any atom is -0.508 e. The fraction of sp³-hybridized carbons (Fsp3) is 0.412. The van der Waals surface area contributed by atoms with Crippen molar-refractivity contribution in [3.8, 4) is 5.75 Å². The molecule has 1 aromatic heterocycles. The van der Waals surface area contributed by atoms with Crippen LogP contribution in [-0.2, 0) is 0 Å². The quantitative estimate of drug-likeness (QED) is 0.658. The summed E-state index contributed by atoms with van der Waals surface area (Å²) in [5.41, 5.74) is 1.25. The van der Waals surface area contributed by atoms with Gasteiger partial charge in [-0.1, -0.05) is 13.8 Å². The van der Waals surface area contributed by atoms with Crippen LogP contribution >= 0.6 is 0 Å². The molecule has 1 heterocycles. The Morgan fingerprint density at radius 2 is 2.05 bits per heavy atom. The van der Waals surface area contributed by atoms with E-state index in [2.05, 4.69) is 23.7 Å². The zero-order valence-electron chi connectivity index (χ0n) is 13.3. The molecule has 0 radical (unpaired) electrons. The molecule has 2 rings (SSSR count). The molecular formula is C17H22N2O3. The summed E-state index contributed by atoms with van der Waals surface area (Å²) in [7, 11) is 0. The minimum absolute atomic E-state index is 0.0793. The monoisotopic (exact) mass is 302 g/mol. The predicted octanol–water partition coefficient (Wildman–Crippen LogP) is 2.57. The molecule has 0 aliphatic rings. The number of hydrogen-bond acceptors (Lipinski definition) is 5. The Labute approximate surface area is 129 Å². The van der Waals surface area contributed by atoms with Gasteiger partial charge in [-0.05, 0) is 37.7 Å². The number of phenols is 1. The topological polar surface area (TPSA) is 66.0 Å². The Bertz CT molecular complexity index is 730. The maximum atomic E-state index is 12.1. The van der Waals surface area contributed by atoms with Crippen molar-refractivity contribution in [1.82, 2.24) is 4.90 Å². The number of likely N-dealkylation sites (N-methyl/N-ethyl adjacent to an activating group) is 1. The van der Waals surface area contributed by atoms with Gasteiger partial charge in [0.15, 0.2) is 0 Å². The van der Waals surface area contributed by atoms with Crippen LogP contribution in [0.4, 0.5) is 0 Å². The van der Waals surface area contributed by atoms with Crippen molar-refractivity contribution in [3.63, 3.8) is 0 Å². The lowest BCUT2D eigenvalue weighted by molar-refractivity contribution is 0.313. The van der Waals surface area contributed by atoms with Crippen LogP contribution in [0, 0.1) is 6.92 Å². The first kappa shape index (κ1) is 16.2. The molecule has 22 heavy (non-hydrogen) atoms. The number of phenolic OH excluding ortho intramolecular Hbond substituents is 1. The smallest absolute Gasteiger partial charge is 0.345 e. The number of rotatable bonds is 6. The van der Waals surface area contributed by atoms with Gasteiger partial charge in [0.2, 0.25) is 0 Å². The molecule has 118 valence electrons. The van der Waals surface area contributed by atoms with Gasteiger partial charge in [0.25, 0.3) is 0 Å². The highest BCUT2D eigenvalue weighted by Crippen LogP contribution is 2.22. The SMILES string of the molecule is CCN(CC)CCN=Cc1c(C)c2ccc(O)cc2oc1=O. The van der Waals surface area contributed by atoms with E-state index in [1.807, 2.05) is 6.92 Å². The minimum atomic E-state index is -0.429. The van der Waals surface area contributed by atoms with Crippen molar-refractivity contribution < 1.29 is 9.52 Å². The van der Waals surface area contributed by atoms with Gasteiger partial charge in [-0.2, -0.15) is 0 Å². The van der Waals surface area contributed by atoms with Crippen molar-refractivity contribution in [3.05, 3.63) is 39.7 Å². The lowest BCUT2D eigenvalue weighted by Crippen LogP contribution is -2.25. The molecule has 1 N–H and O–H groups in total. The number of hydrogen-bond donors (Lipinski definition) is 1. The molecule has 1 aromatic carbocycles. The van der Waals surface area contributed by atoms with E-state index in [9.17, 15) is 9.90 Å². The van der Waals surface area contributed by atoms with E-state index in [4.69, 9.17) is 4.42 Å². The summed E-state index contributed by atoms with van der Waals surface area (Å²) in [6.45, 7) is 9.60. The highest BCUT2D eigenvalue weighted by molar-refractivity contribution is 5.90. The van der Waals surface area contributed by atoms with Gasteiger partial charge >= 0.3 is 5.63 Å². The highest BCUT2D eigenvalue weighted by Gasteiger charge is 2.10. The second-order valence-electron chi connectivity index (χ2n) is 5.17. The van der Waals surface area contributed by atoms with Gasteiger partial charge in [0, 0.05) is 24.2 Å². The average molecular weight is 302 g/mol. The first-order chi connectivity index (χ1) is 10.6. The van der Waals surface area contributed by atoms with E-state index in [0.717, 1.165) is 30.6 Å². The van der Waals surface area contributed by atoms with Gasteiger partial charge in [0.05, 0.1) is 12.1 Å². The van der Waals surface area contributed by atoms with Crippen LogP contribution < -0.4 is 5.63 Å². The van der Waals surface area contributed by atoms with Gasteiger partial charge in [-0.3, -0.25) is 4.99 Å². The number of aryl methyl sites for hydroxylation is 1. The van der Waals surface area contributed by atoms with Gasteiger partial charge in [-0.25, -0.2) is 4.79 Å². The van der Waals surface area contributed by atoms with E-state index >= 15 is 0 Å². The summed E-state index contributed by atoms with van der Waals surface area (Å²) in [5.74, 6) is 0.0793. The van der Waals surface area contributed by atoms with Crippen molar-refractivity contribution >= 4 is 17.2 Å². The summed E-state index contributed by atoms with van der Waals surface area (Å²) < 4.78 is 5.26. The third-order valence-corrected chi connectivity index (χ3v) is 3.86. The zero-order chi connectivity index (χ0) is 16.1. The van der Waals surface area contributed by atoms with E-state index in [0.29, 0.717) is 17.7 Å². The summed E-state index contributed by atoms with van der Waals surface area (Å²) >= 11 is 0. The lowest BCUT2D eigenvalue weighted by Gasteiger charge is -2.15. The summed E-state index contributed by atoms with van der Waals surface area (Å²) in [6.07, 6.45) is 1.59. The number of nitrogens with zero attached hydrogens (tertiary/aromatic N) is 2. The molecule has 0 bridgehead atoms. The molecule has 0 spiro atoms. The van der Waals surface area contributed by atoms with Crippen LogP contribution in [0.5, 0.6) is 5.75 Å². The average Bonchev–Trinajstić information content (AvgIpc) is 2.49. The largest absolute Gasteiger partial charge is 0.508 e. The molecule has 0 saturated carbocycles. The molecular weight excluding hydrogens is 280 g/mol. The van der Waals surface area contributed by atoms with Crippen LogP contribution in [-0.4, -0.2) is 42.4 Å². The van der Waals surface area contributed by atoms with E-state index in [-0.39, 0.29) is 5.75 Å². The molecule has 0 amide bonds. The fourth-order valence-corrected chi connectivity index (χ4v) is 2.40. The van der Waals surface area contributed by atoms with Crippen LogP contribution in [0.25, 0.3) is 11.0 Å². The number of aromatic hydroxyl groups is 1.